The lowest BCUT2D eigenvalue weighted by Gasteiger charge is -2.30. The number of hydrogen-bond donors (Lipinski definition) is 2. The number of nitrogens with two attached hydrogens (primary N) is 1. The molecular weight excluding hydrogens is 212 g/mol. The van der Waals surface area contributed by atoms with Crippen molar-refractivity contribution in [3.05, 3.63) is 35.9 Å². The van der Waals surface area contributed by atoms with E-state index < -0.39 is 0 Å². The van der Waals surface area contributed by atoms with Crippen molar-refractivity contribution in [2.45, 2.75) is 25.4 Å². The van der Waals surface area contributed by atoms with E-state index in [-0.39, 0.29) is 0 Å². The molecule has 1 saturated heterocycles. The summed E-state index contributed by atoms with van der Waals surface area (Å²) in [6.45, 7) is 3.33. The maximum absolute atomic E-state index is 5.85. The minimum Gasteiger partial charge on any atom is -0.381 e. The van der Waals surface area contributed by atoms with Crippen LogP contribution in [0.3, 0.4) is 0 Å². The highest BCUT2D eigenvalue weighted by atomic mass is 16.5. The quantitative estimate of drug-likeness (QED) is 0.812. The highest BCUT2D eigenvalue weighted by Gasteiger charge is 2.22. The zero-order valence-corrected chi connectivity index (χ0v) is 10.3. The van der Waals surface area contributed by atoms with Crippen molar-refractivity contribution >= 4 is 0 Å². The molecule has 2 atom stereocenters. The van der Waals surface area contributed by atoms with Crippen LogP contribution in [-0.4, -0.2) is 25.8 Å². The van der Waals surface area contributed by atoms with Gasteiger partial charge in [-0.1, -0.05) is 30.3 Å². The van der Waals surface area contributed by atoms with Gasteiger partial charge in [0.2, 0.25) is 0 Å². The van der Waals surface area contributed by atoms with Gasteiger partial charge in [-0.05, 0) is 24.3 Å². The van der Waals surface area contributed by atoms with Gasteiger partial charge >= 0.3 is 0 Å². The van der Waals surface area contributed by atoms with Crippen LogP contribution < -0.4 is 11.1 Å². The highest BCUT2D eigenvalue weighted by Crippen LogP contribution is 2.17. The van der Waals surface area contributed by atoms with Gasteiger partial charge in [0.25, 0.3) is 0 Å². The lowest BCUT2D eigenvalue weighted by molar-refractivity contribution is 0.0402. The third kappa shape index (κ3) is 3.80. The summed E-state index contributed by atoms with van der Waals surface area (Å²) >= 11 is 0. The van der Waals surface area contributed by atoms with Crippen molar-refractivity contribution in [1.82, 2.24) is 5.32 Å². The van der Waals surface area contributed by atoms with Crippen LogP contribution in [-0.2, 0) is 11.3 Å². The molecule has 0 radical (unpaired) electrons. The molecule has 3 N–H and O–H groups in total. The van der Waals surface area contributed by atoms with E-state index in [1.54, 1.807) is 0 Å². The van der Waals surface area contributed by atoms with Crippen LogP contribution in [0.1, 0.15) is 18.4 Å². The van der Waals surface area contributed by atoms with Gasteiger partial charge in [0.15, 0.2) is 0 Å². The molecule has 3 nitrogen and oxygen atoms in total. The molecule has 2 unspecified atom stereocenters. The fourth-order valence-corrected chi connectivity index (χ4v) is 2.37. The average molecular weight is 234 g/mol. The molecule has 94 valence electrons. The smallest absolute Gasteiger partial charge is 0.0509 e. The molecule has 0 spiro atoms. The molecule has 17 heavy (non-hydrogen) atoms. The number of hydrogen-bond acceptors (Lipinski definition) is 3. The molecule has 1 aromatic carbocycles. The minimum atomic E-state index is 0.371. The molecule has 1 aromatic rings. The lowest BCUT2D eigenvalue weighted by atomic mass is 9.93. The third-order valence-corrected chi connectivity index (χ3v) is 3.43. The minimum absolute atomic E-state index is 0.371. The first kappa shape index (κ1) is 12.6. The summed E-state index contributed by atoms with van der Waals surface area (Å²) in [5.74, 6) is 0.567. The van der Waals surface area contributed by atoms with Gasteiger partial charge in [0.05, 0.1) is 6.61 Å². The van der Waals surface area contributed by atoms with E-state index in [0.29, 0.717) is 18.5 Å². The zero-order chi connectivity index (χ0) is 11.9. The van der Waals surface area contributed by atoms with Crippen molar-refractivity contribution in [3.8, 4) is 0 Å². The molecule has 0 aromatic heterocycles. The van der Waals surface area contributed by atoms with Crippen LogP contribution in [0.15, 0.2) is 30.3 Å². The molecule has 0 amide bonds. The van der Waals surface area contributed by atoms with Gasteiger partial charge in [0.1, 0.15) is 0 Å². The van der Waals surface area contributed by atoms with E-state index >= 15 is 0 Å². The predicted molar refractivity (Wildman–Crippen MR) is 69.7 cm³/mol. The third-order valence-electron chi connectivity index (χ3n) is 3.43. The normalized spacial score (nSPS) is 22.3. The van der Waals surface area contributed by atoms with Crippen molar-refractivity contribution in [3.63, 3.8) is 0 Å². The Balaban J connectivity index is 1.82. The van der Waals surface area contributed by atoms with Crippen LogP contribution in [0.4, 0.5) is 0 Å². The molecular formula is C14H22N2O. The van der Waals surface area contributed by atoms with E-state index in [0.717, 1.165) is 26.2 Å². The standard InChI is InChI=1S/C14H22N2O/c15-9-14(13-7-4-8-17-11-13)16-10-12-5-2-1-3-6-12/h1-3,5-6,13-14,16H,4,7-11,15H2. The first-order valence-electron chi connectivity index (χ1n) is 6.45. The summed E-state index contributed by atoms with van der Waals surface area (Å²) in [6, 6.07) is 10.8. The van der Waals surface area contributed by atoms with Gasteiger partial charge in [-0.2, -0.15) is 0 Å². The first-order valence-corrected chi connectivity index (χ1v) is 6.45. The van der Waals surface area contributed by atoms with Crippen LogP contribution in [0.2, 0.25) is 0 Å². The monoisotopic (exact) mass is 234 g/mol. The Labute approximate surface area is 103 Å². The Morgan fingerprint density at radius 2 is 2.18 bits per heavy atom. The van der Waals surface area contributed by atoms with E-state index in [2.05, 4.69) is 29.6 Å². The van der Waals surface area contributed by atoms with E-state index in [1.165, 1.54) is 12.0 Å². The Bertz CT molecular complexity index is 309. The first-order chi connectivity index (χ1) is 8.40. The maximum atomic E-state index is 5.85. The number of rotatable bonds is 5. The maximum Gasteiger partial charge on any atom is 0.0509 e. The molecule has 1 heterocycles. The Hall–Kier alpha value is -0.900. The van der Waals surface area contributed by atoms with Crippen LogP contribution >= 0.6 is 0 Å². The lowest BCUT2D eigenvalue weighted by Crippen LogP contribution is -2.44. The summed E-state index contributed by atoms with van der Waals surface area (Å²) in [7, 11) is 0. The molecule has 1 aliphatic heterocycles. The summed E-state index contributed by atoms with van der Waals surface area (Å²) in [5.41, 5.74) is 7.16. The Morgan fingerprint density at radius 1 is 1.35 bits per heavy atom. The zero-order valence-electron chi connectivity index (χ0n) is 10.3. The number of nitrogens with one attached hydrogen (secondary N) is 1. The predicted octanol–water partition coefficient (Wildman–Crippen LogP) is 1.53. The molecule has 1 aliphatic rings. The number of ether oxygens (including phenoxy) is 1. The average Bonchev–Trinajstić information content (AvgIpc) is 2.42. The van der Waals surface area contributed by atoms with E-state index in [4.69, 9.17) is 10.5 Å². The Kier molecular flexibility index (Phi) is 4.98. The van der Waals surface area contributed by atoms with Crippen LogP contribution in [0.25, 0.3) is 0 Å². The van der Waals surface area contributed by atoms with Crippen LogP contribution in [0.5, 0.6) is 0 Å². The highest BCUT2D eigenvalue weighted by molar-refractivity contribution is 5.14. The fraction of sp³-hybridized carbons (Fsp3) is 0.571. The summed E-state index contributed by atoms with van der Waals surface area (Å²) in [6.07, 6.45) is 2.39. The van der Waals surface area contributed by atoms with E-state index in [1.807, 2.05) is 6.07 Å². The molecule has 3 heteroatoms. The fourth-order valence-electron chi connectivity index (χ4n) is 2.37. The molecule has 0 bridgehead atoms. The summed E-state index contributed by atoms with van der Waals surface area (Å²) in [4.78, 5) is 0. The van der Waals surface area contributed by atoms with E-state index in [9.17, 15) is 0 Å². The van der Waals surface area contributed by atoms with Gasteiger partial charge in [-0.3, -0.25) is 0 Å². The van der Waals surface area contributed by atoms with Crippen molar-refractivity contribution < 1.29 is 4.74 Å². The van der Waals surface area contributed by atoms with Crippen molar-refractivity contribution in [2.24, 2.45) is 11.7 Å². The summed E-state index contributed by atoms with van der Waals surface area (Å²) < 4.78 is 5.52. The topological polar surface area (TPSA) is 47.3 Å². The summed E-state index contributed by atoms with van der Waals surface area (Å²) in [5, 5.41) is 3.55. The second-order valence-corrected chi connectivity index (χ2v) is 4.69. The molecule has 2 rings (SSSR count). The van der Waals surface area contributed by atoms with Gasteiger partial charge in [-0.25, -0.2) is 0 Å². The second-order valence-electron chi connectivity index (χ2n) is 4.69. The largest absolute Gasteiger partial charge is 0.381 e. The van der Waals surface area contributed by atoms with Gasteiger partial charge in [-0.15, -0.1) is 0 Å². The van der Waals surface area contributed by atoms with Crippen molar-refractivity contribution in [2.75, 3.05) is 19.8 Å². The molecule has 0 saturated carbocycles. The molecule has 1 fully saturated rings. The van der Waals surface area contributed by atoms with Crippen LogP contribution in [0, 0.1) is 5.92 Å². The second kappa shape index (κ2) is 6.74. The SMILES string of the molecule is NCC(NCc1ccccc1)C1CCCOC1. The number of benzene rings is 1. The van der Waals surface area contributed by atoms with Gasteiger partial charge < -0.3 is 15.8 Å². The van der Waals surface area contributed by atoms with Crippen molar-refractivity contribution in [1.29, 1.82) is 0 Å². The Morgan fingerprint density at radius 3 is 2.82 bits per heavy atom. The molecule has 0 aliphatic carbocycles. The van der Waals surface area contributed by atoms with Gasteiger partial charge in [0, 0.05) is 25.7 Å².